The minimum atomic E-state index is -3.53. The zero-order valence-electron chi connectivity index (χ0n) is 19.3. The first-order valence-electron chi connectivity index (χ1n) is 11.5. The summed E-state index contributed by atoms with van der Waals surface area (Å²) in [7, 11) is -1.54. The number of carbonyl (C=O) groups excluding carboxylic acids is 1. The average molecular weight is 489 g/mol. The molecule has 1 saturated heterocycles. The largest absolute Gasteiger partial charge is 0.349 e. The second-order valence-corrected chi connectivity index (χ2v) is 11.8. The number of sulfonamides is 1. The Morgan fingerprint density at radius 2 is 1.82 bits per heavy atom. The van der Waals surface area contributed by atoms with Crippen LogP contribution >= 0.6 is 11.8 Å². The highest BCUT2D eigenvalue weighted by Crippen LogP contribution is 2.25. The summed E-state index contributed by atoms with van der Waals surface area (Å²) in [6.07, 6.45) is 6.15. The summed E-state index contributed by atoms with van der Waals surface area (Å²) in [5, 5.41) is 3.69. The lowest BCUT2D eigenvalue weighted by atomic mass is 9.89. The molecule has 2 aromatic rings. The number of carbonyl (C=O) groups is 1. The van der Waals surface area contributed by atoms with Crippen molar-refractivity contribution >= 4 is 27.7 Å². The lowest BCUT2D eigenvalue weighted by molar-refractivity contribution is -0.119. The molecule has 4 rings (SSSR count). The van der Waals surface area contributed by atoms with E-state index in [2.05, 4.69) is 33.4 Å². The standard InChI is InChI=1S/C24H32N4O3S2/c1-18(20-8-7-19-5-3-4-6-21(19)15-20)26-23(29)17-32-24-10-9-22(16-25-24)33(30,31)28-13-11-27(2)12-14-28/h7-10,15-16,18H,3-6,11-14,17H2,1-2H3,(H,26,29)/t18-/m0/s1. The lowest BCUT2D eigenvalue weighted by Crippen LogP contribution is -2.47. The zero-order valence-corrected chi connectivity index (χ0v) is 20.9. The number of aromatic nitrogens is 1. The maximum absolute atomic E-state index is 12.8. The van der Waals surface area contributed by atoms with Crippen LogP contribution in [0.25, 0.3) is 0 Å². The number of nitrogens with zero attached hydrogens (tertiary/aromatic N) is 3. The van der Waals surface area contributed by atoms with Gasteiger partial charge in [-0.2, -0.15) is 4.31 Å². The monoisotopic (exact) mass is 488 g/mol. The molecule has 0 saturated carbocycles. The van der Waals surface area contributed by atoms with Crippen LogP contribution in [0.15, 0.2) is 46.5 Å². The van der Waals surface area contributed by atoms with Crippen molar-refractivity contribution < 1.29 is 13.2 Å². The van der Waals surface area contributed by atoms with Crippen LogP contribution in [0.4, 0.5) is 0 Å². The van der Waals surface area contributed by atoms with Crippen molar-refractivity contribution in [3.63, 3.8) is 0 Å². The molecule has 0 bridgehead atoms. The Morgan fingerprint density at radius 1 is 1.09 bits per heavy atom. The summed E-state index contributed by atoms with van der Waals surface area (Å²) < 4.78 is 27.1. The second kappa shape index (κ2) is 10.5. The number of aryl methyl sites for hydroxylation is 2. The molecule has 9 heteroatoms. The van der Waals surface area contributed by atoms with E-state index >= 15 is 0 Å². The van der Waals surface area contributed by atoms with Gasteiger partial charge in [-0.25, -0.2) is 13.4 Å². The molecular formula is C24H32N4O3S2. The van der Waals surface area contributed by atoms with Gasteiger partial charge in [-0.05, 0) is 68.5 Å². The molecule has 1 N–H and O–H groups in total. The Morgan fingerprint density at radius 3 is 2.52 bits per heavy atom. The summed E-state index contributed by atoms with van der Waals surface area (Å²) in [6.45, 7) is 4.42. The highest BCUT2D eigenvalue weighted by Gasteiger charge is 2.27. The number of nitrogens with one attached hydrogen (secondary N) is 1. The predicted molar refractivity (Wildman–Crippen MR) is 131 cm³/mol. The fourth-order valence-corrected chi connectivity index (χ4v) is 6.33. The number of hydrogen-bond acceptors (Lipinski definition) is 6. The third kappa shape index (κ3) is 5.95. The predicted octanol–water partition coefficient (Wildman–Crippen LogP) is 2.87. The Balaban J connectivity index is 1.29. The van der Waals surface area contributed by atoms with Crippen LogP contribution in [0.5, 0.6) is 0 Å². The molecule has 0 spiro atoms. The molecular weight excluding hydrogens is 456 g/mol. The molecule has 2 heterocycles. The van der Waals surface area contributed by atoms with E-state index in [1.54, 1.807) is 12.1 Å². The number of fused-ring (bicyclic) bond motifs is 1. The fourth-order valence-electron chi connectivity index (χ4n) is 4.31. The van der Waals surface area contributed by atoms with E-state index in [1.807, 2.05) is 14.0 Å². The van der Waals surface area contributed by atoms with Gasteiger partial charge in [0.15, 0.2) is 0 Å². The van der Waals surface area contributed by atoms with Crippen LogP contribution < -0.4 is 5.32 Å². The maximum Gasteiger partial charge on any atom is 0.244 e. The maximum atomic E-state index is 12.8. The Labute approximate surface area is 201 Å². The Bertz CT molecular complexity index is 1080. The third-order valence-electron chi connectivity index (χ3n) is 6.41. The van der Waals surface area contributed by atoms with E-state index in [9.17, 15) is 13.2 Å². The van der Waals surface area contributed by atoms with Gasteiger partial charge >= 0.3 is 0 Å². The van der Waals surface area contributed by atoms with Crippen molar-refractivity contribution in [3.05, 3.63) is 53.2 Å². The number of pyridine rings is 1. The van der Waals surface area contributed by atoms with Gasteiger partial charge in [-0.15, -0.1) is 0 Å². The molecule has 1 fully saturated rings. The quantitative estimate of drug-likeness (QED) is 0.604. The molecule has 1 amide bonds. The first-order chi connectivity index (χ1) is 15.8. The summed E-state index contributed by atoms with van der Waals surface area (Å²) in [5.74, 6) is 0.161. The number of hydrogen-bond donors (Lipinski definition) is 1. The molecule has 0 radical (unpaired) electrons. The number of thioether (sulfide) groups is 1. The van der Waals surface area contributed by atoms with Gasteiger partial charge in [-0.1, -0.05) is 30.0 Å². The molecule has 0 unspecified atom stereocenters. The van der Waals surface area contributed by atoms with Gasteiger partial charge in [0.2, 0.25) is 15.9 Å². The third-order valence-corrected chi connectivity index (χ3v) is 9.24. The number of amides is 1. The smallest absolute Gasteiger partial charge is 0.244 e. The normalized spacial score (nSPS) is 18.5. The van der Waals surface area contributed by atoms with E-state index < -0.39 is 10.0 Å². The molecule has 2 aliphatic rings. The Hall–Kier alpha value is -1.94. The van der Waals surface area contributed by atoms with E-state index in [0.717, 1.165) is 31.5 Å². The van der Waals surface area contributed by atoms with Crippen LogP contribution in [0.1, 0.15) is 42.5 Å². The van der Waals surface area contributed by atoms with E-state index in [1.165, 1.54) is 46.2 Å². The van der Waals surface area contributed by atoms with Crippen molar-refractivity contribution in [1.82, 2.24) is 19.5 Å². The van der Waals surface area contributed by atoms with Crippen molar-refractivity contribution in [2.45, 2.75) is 48.6 Å². The van der Waals surface area contributed by atoms with Crippen molar-refractivity contribution in [3.8, 4) is 0 Å². The van der Waals surface area contributed by atoms with Gasteiger partial charge in [0.25, 0.3) is 0 Å². The van der Waals surface area contributed by atoms with Gasteiger partial charge in [0.1, 0.15) is 4.90 Å². The van der Waals surface area contributed by atoms with E-state index in [-0.39, 0.29) is 22.6 Å². The number of piperazine rings is 1. The summed E-state index contributed by atoms with van der Waals surface area (Å²) in [5.41, 5.74) is 3.97. The van der Waals surface area contributed by atoms with Crippen molar-refractivity contribution in [2.24, 2.45) is 0 Å². The molecule has 33 heavy (non-hydrogen) atoms. The highest BCUT2D eigenvalue weighted by molar-refractivity contribution is 7.99. The first-order valence-corrected chi connectivity index (χ1v) is 13.9. The number of rotatable bonds is 7. The van der Waals surface area contributed by atoms with Crippen LogP contribution in [-0.2, 0) is 27.7 Å². The number of likely N-dealkylation sites (N-methyl/N-ethyl adjacent to an activating group) is 1. The molecule has 1 atom stereocenters. The van der Waals surface area contributed by atoms with Crippen LogP contribution in [0.3, 0.4) is 0 Å². The minimum absolute atomic E-state index is 0.0607. The van der Waals surface area contributed by atoms with Gasteiger partial charge in [0, 0.05) is 32.4 Å². The van der Waals surface area contributed by atoms with Crippen LogP contribution in [-0.4, -0.2) is 67.5 Å². The lowest BCUT2D eigenvalue weighted by Gasteiger charge is -2.31. The van der Waals surface area contributed by atoms with Crippen LogP contribution in [0.2, 0.25) is 0 Å². The summed E-state index contributed by atoms with van der Waals surface area (Å²) in [4.78, 5) is 19.1. The topological polar surface area (TPSA) is 82.6 Å². The molecule has 1 aromatic carbocycles. The molecule has 1 aromatic heterocycles. The summed E-state index contributed by atoms with van der Waals surface area (Å²) >= 11 is 1.31. The fraction of sp³-hybridized carbons (Fsp3) is 0.500. The second-order valence-electron chi connectivity index (χ2n) is 8.85. The minimum Gasteiger partial charge on any atom is -0.349 e. The number of benzene rings is 1. The SMILES string of the molecule is C[C@H](NC(=O)CSc1ccc(S(=O)(=O)N2CCN(C)CC2)cn1)c1ccc2c(c1)CCCC2. The van der Waals surface area contributed by atoms with Gasteiger partial charge in [-0.3, -0.25) is 4.79 Å². The zero-order chi connectivity index (χ0) is 23.4. The molecule has 178 valence electrons. The summed E-state index contributed by atoms with van der Waals surface area (Å²) in [6, 6.07) is 9.74. The van der Waals surface area contributed by atoms with Crippen LogP contribution in [0, 0.1) is 0 Å². The Kier molecular flexibility index (Phi) is 7.73. The van der Waals surface area contributed by atoms with E-state index in [0.29, 0.717) is 18.1 Å². The van der Waals surface area contributed by atoms with Crippen molar-refractivity contribution in [1.29, 1.82) is 0 Å². The first kappa shape index (κ1) is 24.2. The molecule has 7 nitrogen and oxygen atoms in total. The van der Waals surface area contributed by atoms with E-state index in [4.69, 9.17) is 0 Å². The van der Waals surface area contributed by atoms with Gasteiger partial charge in [0.05, 0.1) is 16.8 Å². The highest BCUT2D eigenvalue weighted by atomic mass is 32.2. The average Bonchev–Trinajstić information content (AvgIpc) is 2.83. The van der Waals surface area contributed by atoms with Crippen molar-refractivity contribution in [2.75, 3.05) is 39.0 Å². The molecule has 1 aliphatic carbocycles. The molecule has 1 aliphatic heterocycles. The van der Waals surface area contributed by atoms with Gasteiger partial charge < -0.3 is 10.2 Å².